The number of piperidine rings is 1. The Hall–Kier alpha value is -0.570. The van der Waals surface area contributed by atoms with Crippen LogP contribution in [0.25, 0.3) is 0 Å². The van der Waals surface area contributed by atoms with Crippen molar-refractivity contribution in [1.82, 2.24) is 4.90 Å². The summed E-state index contributed by atoms with van der Waals surface area (Å²) in [6.45, 7) is 3.52. The van der Waals surface area contributed by atoms with E-state index < -0.39 is 6.10 Å². The van der Waals surface area contributed by atoms with E-state index in [1.807, 2.05) is 6.92 Å². The lowest BCUT2D eigenvalue weighted by atomic mass is 10.1. The SMILES string of the molecule is CCCC([O])C(=O)N1CCCCC1. The summed E-state index contributed by atoms with van der Waals surface area (Å²) in [5, 5.41) is 11.3. The third-order valence-electron chi connectivity index (χ3n) is 2.49. The zero-order valence-corrected chi connectivity index (χ0v) is 8.29. The topological polar surface area (TPSA) is 40.2 Å². The molecule has 0 aromatic heterocycles. The van der Waals surface area contributed by atoms with Gasteiger partial charge in [-0.1, -0.05) is 13.3 Å². The first-order valence-corrected chi connectivity index (χ1v) is 5.20. The molecule has 13 heavy (non-hydrogen) atoms. The van der Waals surface area contributed by atoms with Crippen LogP contribution in [-0.4, -0.2) is 30.0 Å². The molecule has 1 amide bonds. The number of nitrogens with zero attached hydrogens (tertiary/aromatic N) is 1. The molecule has 1 heterocycles. The quantitative estimate of drug-likeness (QED) is 0.656. The number of rotatable bonds is 3. The number of hydrogen-bond donors (Lipinski definition) is 0. The molecule has 75 valence electrons. The Bertz CT molecular complexity index is 164. The summed E-state index contributed by atoms with van der Waals surface area (Å²) < 4.78 is 0. The fraction of sp³-hybridized carbons (Fsp3) is 0.900. The van der Waals surface area contributed by atoms with Gasteiger partial charge in [-0.25, -0.2) is 5.11 Å². The van der Waals surface area contributed by atoms with Gasteiger partial charge in [-0.2, -0.15) is 0 Å². The molecule has 3 nitrogen and oxygen atoms in total. The molecule has 0 aliphatic carbocycles. The van der Waals surface area contributed by atoms with Crippen LogP contribution < -0.4 is 0 Å². The summed E-state index contributed by atoms with van der Waals surface area (Å²) >= 11 is 0. The molecule has 0 spiro atoms. The zero-order chi connectivity index (χ0) is 9.68. The lowest BCUT2D eigenvalue weighted by Crippen LogP contribution is -2.41. The third kappa shape index (κ3) is 2.99. The summed E-state index contributed by atoms with van der Waals surface area (Å²) in [6.07, 6.45) is 3.59. The first-order valence-electron chi connectivity index (χ1n) is 5.20. The summed E-state index contributed by atoms with van der Waals surface area (Å²) in [5.74, 6) is -0.179. The first kappa shape index (κ1) is 10.5. The molecule has 0 bridgehead atoms. The molecule has 1 aliphatic heterocycles. The van der Waals surface area contributed by atoms with Gasteiger partial charge in [0.15, 0.2) is 6.10 Å². The van der Waals surface area contributed by atoms with Crippen molar-refractivity contribution in [3.05, 3.63) is 0 Å². The highest BCUT2D eigenvalue weighted by Gasteiger charge is 2.23. The Labute approximate surface area is 79.7 Å². The van der Waals surface area contributed by atoms with Gasteiger partial charge in [0.2, 0.25) is 0 Å². The molecule has 1 rings (SSSR count). The van der Waals surface area contributed by atoms with Crippen molar-refractivity contribution in [2.24, 2.45) is 0 Å². The minimum absolute atomic E-state index is 0.179. The van der Waals surface area contributed by atoms with Gasteiger partial charge in [-0.05, 0) is 25.7 Å². The second-order valence-electron chi connectivity index (χ2n) is 3.66. The fourth-order valence-electron chi connectivity index (χ4n) is 1.70. The van der Waals surface area contributed by atoms with E-state index in [-0.39, 0.29) is 5.91 Å². The van der Waals surface area contributed by atoms with Crippen molar-refractivity contribution in [3.63, 3.8) is 0 Å². The first-order chi connectivity index (χ1) is 6.25. The third-order valence-corrected chi connectivity index (χ3v) is 2.49. The Morgan fingerprint density at radius 3 is 2.46 bits per heavy atom. The van der Waals surface area contributed by atoms with E-state index in [0.717, 1.165) is 32.4 Å². The van der Waals surface area contributed by atoms with Crippen LogP contribution in [0.2, 0.25) is 0 Å². The van der Waals surface area contributed by atoms with Crippen LogP contribution in [-0.2, 0) is 9.90 Å². The highest BCUT2D eigenvalue weighted by molar-refractivity contribution is 5.80. The predicted octanol–water partition coefficient (Wildman–Crippen LogP) is 1.60. The van der Waals surface area contributed by atoms with Gasteiger partial charge in [0.1, 0.15) is 0 Å². The van der Waals surface area contributed by atoms with Crippen molar-refractivity contribution >= 4 is 5.91 Å². The molecular formula is C10H18NO2. The molecule has 1 fully saturated rings. The van der Waals surface area contributed by atoms with Crippen molar-refractivity contribution in [3.8, 4) is 0 Å². The van der Waals surface area contributed by atoms with Crippen LogP contribution >= 0.6 is 0 Å². The summed E-state index contributed by atoms with van der Waals surface area (Å²) in [5.41, 5.74) is 0. The lowest BCUT2D eigenvalue weighted by Gasteiger charge is -2.27. The maximum Gasteiger partial charge on any atom is 0.255 e. The van der Waals surface area contributed by atoms with Crippen LogP contribution in [0.4, 0.5) is 0 Å². The zero-order valence-electron chi connectivity index (χ0n) is 8.29. The van der Waals surface area contributed by atoms with E-state index in [9.17, 15) is 9.90 Å². The smallest absolute Gasteiger partial charge is 0.255 e. The Morgan fingerprint density at radius 2 is 1.92 bits per heavy atom. The molecule has 1 unspecified atom stereocenters. The minimum Gasteiger partial charge on any atom is -0.340 e. The van der Waals surface area contributed by atoms with E-state index in [1.165, 1.54) is 6.42 Å². The molecule has 0 N–H and O–H groups in total. The second kappa shape index (κ2) is 5.22. The van der Waals surface area contributed by atoms with Crippen LogP contribution in [0.3, 0.4) is 0 Å². The number of carbonyl (C=O) groups is 1. The van der Waals surface area contributed by atoms with E-state index in [4.69, 9.17) is 0 Å². The van der Waals surface area contributed by atoms with Gasteiger partial charge < -0.3 is 4.90 Å². The van der Waals surface area contributed by atoms with Gasteiger partial charge in [0, 0.05) is 13.1 Å². The predicted molar refractivity (Wildman–Crippen MR) is 49.8 cm³/mol. The molecule has 0 saturated carbocycles. The molecule has 1 radical (unpaired) electrons. The van der Waals surface area contributed by atoms with E-state index in [1.54, 1.807) is 4.90 Å². The molecule has 3 heteroatoms. The van der Waals surface area contributed by atoms with Crippen molar-refractivity contribution in [2.45, 2.75) is 45.1 Å². The number of hydrogen-bond acceptors (Lipinski definition) is 1. The fourth-order valence-corrected chi connectivity index (χ4v) is 1.70. The Balaban J connectivity index is 2.36. The minimum atomic E-state index is -1.01. The highest BCUT2D eigenvalue weighted by Crippen LogP contribution is 2.11. The number of carbonyl (C=O) groups excluding carboxylic acids is 1. The van der Waals surface area contributed by atoms with Crippen molar-refractivity contribution in [2.75, 3.05) is 13.1 Å². The van der Waals surface area contributed by atoms with Gasteiger partial charge in [-0.3, -0.25) is 4.79 Å². The molecular weight excluding hydrogens is 166 g/mol. The monoisotopic (exact) mass is 184 g/mol. The van der Waals surface area contributed by atoms with Crippen molar-refractivity contribution < 1.29 is 9.90 Å². The van der Waals surface area contributed by atoms with E-state index >= 15 is 0 Å². The van der Waals surface area contributed by atoms with E-state index in [2.05, 4.69) is 0 Å². The second-order valence-corrected chi connectivity index (χ2v) is 3.66. The Kier molecular flexibility index (Phi) is 4.22. The Morgan fingerprint density at radius 1 is 1.31 bits per heavy atom. The molecule has 1 saturated heterocycles. The standard InChI is InChI=1S/C10H18NO2/c1-2-6-9(12)10(13)11-7-4-3-5-8-11/h9H,2-8H2,1H3. The normalized spacial score (nSPS) is 20.0. The van der Waals surface area contributed by atoms with Crippen LogP contribution in [0.1, 0.15) is 39.0 Å². The maximum atomic E-state index is 11.5. The largest absolute Gasteiger partial charge is 0.340 e. The van der Waals surface area contributed by atoms with Gasteiger partial charge in [-0.15, -0.1) is 0 Å². The molecule has 1 aliphatic rings. The van der Waals surface area contributed by atoms with Crippen LogP contribution in [0.15, 0.2) is 0 Å². The number of likely N-dealkylation sites (tertiary alicyclic amines) is 1. The van der Waals surface area contributed by atoms with Gasteiger partial charge in [0.05, 0.1) is 0 Å². The van der Waals surface area contributed by atoms with E-state index in [0.29, 0.717) is 6.42 Å². The summed E-state index contributed by atoms with van der Waals surface area (Å²) in [7, 11) is 0. The summed E-state index contributed by atoms with van der Waals surface area (Å²) in [6, 6.07) is 0. The highest BCUT2D eigenvalue weighted by atomic mass is 16.3. The van der Waals surface area contributed by atoms with Gasteiger partial charge >= 0.3 is 0 Å². The average Bonchev–Trinajstić information content (AvgIpc) is 2.18. The average molecular weight is 184 g/mol. The van der Waals surface area contributed by atoms with Crippen LogP contribution in [0, 0.1) is 0 Å². The maximum absolute atomic E-state index is 11.5. The molecule has 0 aromatic rings. The molecule has 0 aromatic carbocycles. The summed E-state index contributed by atoms with van der Waals surface area (Å²) in [4.78, 5) is 13.2. The number of amides is 1. The molecule has 1 atom stereocenters. The van der Waals surface area contributed by atoms with Crippen LogP contribution in [0.5, 0.6) is 0 Å². The van der Waals surface area contributed by atoms with Crippen molar-refractivity contribution in [1.29, 1.82) is 0 Å². The van der Waals surface area contributed by atoms with Gasteiger partial charge in [0.25, 0.3) is 5.91 Å². The lowest BCUT2D eigenvalue weighted by molar-refractivity contribution is -0.145.